The molecule has 2 aromatic carbocycles. The van der Waals surface area contributed by atoms with Crippen molar-refractivity contribution in [2.24, 2.45) is 5.10 Å². The number of nitrogens with zero attached hydrogens (tertiary/aromatic N) is 2. The number of nitrogens with one attached hydrogen (secondary N) is 1. The molecule has 0 aliphatic carbocycles. The lowest BCUT2D eigenvalue weighted by atomic mass is 10.2. The van der Waals surface area contributed by atoms with Crippen molar-refractivity contribution < 1.29 is 9.50 Å². The van der Waals surface area contributed by atoms with Crippen molar-refractivity contribution >= 4 is 38.6 Å². The van der Waals surface area contributed by atoms with Crippen molar-refractivity contribution in [3.8, 4) is 17.0 Å². The van der Waals surface area contributed by atoms with Crippen LogP contribution in [-0.4, -0.2) is 16.3 Å². The number of aromatic hydroxyl groups is 1. The number of thiazole rings is 1. The number of rotatable bonds is 4. The van der Waals surface area contributed by atoms with Gasteiger partial charge in [-0.1, -0.05) is 30.3 Å². The number of benzene rings is 2. The molecule has 116 valence electrons. The van der Waals surface area contributed by atoms with E-state index in [0.717, 1.165) is 11.3 Å². The molecule has 1 aromatic heterocycles. The fourth-order valence-electron chi connectivity index (χ4n) is 1.88. The van der Waals surface area contributed by atoms with Crippen molar-refractivity contribution in [2.45, 2.75) is 0 Å². The number of phenolic OH excluding ortho intramolecular Hbond substituents is 1. The van der Waals surface area contributed by atoms with Crippen LogP contribution >= 0.6 is 27.3 Å². The molecule has 0 unspecified atom stereocenters. The highest BCUT2D eigenvalue weighted by atomic mass is 79.9. The van der Waals surface area contributed by atoms with E-state index in [0.29, 0.717) is 10.7 Å². The molecule has 0 fully saturated rings. The third kappa shape index (κ3) is 3.57. The van der Waals surface area contributed by atoms with Crippen molar-refractivity contribution in [1.29, 1.82) is 0 Å². The van der Waals surface area contributed by atoms with Crippen LogP contribution in [0.2, 0.25) is 0 Å². The Labute approximate surface area is 144 Å². The highest BCUT2D eigenvalue weighted by molar-refractivity contribution is 9.10. The number of hydrogen-bond acceptors (Lipinski definition) is 5. The van der Waals surface area contributed by atoms with E-state index in [1.54, 1.807) is 0 Å². The van der Waals surface area contributed by atoms with E-state index in [4.69, 9.17) is 0 Å². The predicted octanol–water partition coefficient (Wildman–Crippen LogP) is 4.86. The summed E-state index contributed by atoms with van der Waals surface area (Å²) in [6, 6.07) is 12.5. The molecule has 0 radical (unpaired) electrons. The molecular weight excluding hydrogens is 381 g/mol. The standard InChI is InChI=1S/C16H11BrFN3OS/c17-14-12(18)7-6-11(15(14)22)8-19-21-16-20-13(9-23-16)10-4-2-1-3-5-10/h1-9,22H,(H,20,21). The van der Waals surface area contributed by atoms with Gasteiger partial charge in [-0.2, -0.15) is 5.10 Å². The van der Waals surface area contributed by atoms with Gasteiger partial charge in [0.15, 0.2) is 0 Å². The van der Waals surface area contributed by atoms with Crippen LogP contribution in [0.25, 0.3) is 11.3 Å². The van der Waals surface area contributed by atoms with E-state index in [1.807, 2.05) is 35.7 Å². The number of aromatic nitrogens is 1. The molecule has 0 aliphatic heterocycles. The molecule has 0 amide bonds. The van der Waals surface area contributed by atoms with Crippen molar-refractivity contribution in [1.82, 2.24) is 4.98 Å². The van der Waals surface area contributed by atoms with E-state index in [-0.39, 0.29) is 10.2 Å². The number of phenols is 1. The Morgan fingerprint density at radius 2 is 2.00 bits per heavy atom. The van der Waals surface area contributed by atoms with Gasteiger partial charge in [0.25, 0.3) is 0 Å². The molecule has 23 heavy (non-hydrogen) atoms. The zero-order valence-electron chi connectivity index (χ0n) is 11.7. The molecule has 3 rings (SSSR count). The predicted molar refractivity (Wildman–Crippen MR) is 94.5 cm³/mol. The third-order valence-corrected chi connectivity index (χ3v) is 4.54. The molecule has 0 saturated carbocycles. The van der Waals surface area contributed by atoms with Crippen molar-refractivity contribution in [3.63, 3.8) is 0 Å². The molecule has 3 aromatic rings. The number of hydrazone groups is 1. The summed E-state index contributed by atoms with van der Waals surface area (Å²) < 4.78 is 13.3. The number of anilines is 1. The minimum absolute atomic E-state index is 0.0158. The minimum atomic E-state index is -0.528. The highest BCUT2D eigenvalue weighted by Crippen LogP contribution is 2.29. The molecule has 0 aliphatic rings. The van der Waals surface area contributed by atoms with Crippen LogP contribution in [0.1, 0.15) is 5.56 Å². The van der Waals surface area contributed by atoms with Gasteiger partial charge in [-0.25, -0.2) is 9.37 Å². The minimum Gasteiger partial charge on any atom is -0.506 e. The molecule has 0 bridgehead atoms. The zero-order valence-corrected chi connectivity index (χ0v) is 14.1. The summed E-state index contributed by atoms with van der Waals surface area (Å²) in [5.41, 5.74) is 5.09. The smallest absolute Gasteiger partial charge is 0.203 e. The van der Waals surface area contributed by atoms with E-state index < -0.39 is 5.82 Å². The molecule has 7 heteroatoms. The quantitative estimate of drug-likeness (QED) is 0.492. The number of hydrogen-bond donors (Lipinski definition) is 2. The molecular formula is C16H11BrFN3OS. The molecule has 0 spiro atoms. The summed E-state index contributed by atoms with van der Waals surface area (Å²) in [6.07, 6.45) is 1.41. The average Bonchev–Trinajstić information content (AvgIpc) is 3.05. The summed E-state index contributed by atoms with van der Waals surface area (Å²) in [5, 5.41) is 16.4. The largest absolute Gasteiger partial charge is 0.506 e. The molecule has 4 nitrogen and oxygen atoms in total. The van der Waals surface area contributed by atoms with Crippen molar-refractivity contribution in [3.05, 3.63) is 63.7 Å². The van der Waals surface area contributed by atoms with E-state index in [9.17, 15) is 9.50 Å². The van der Waals surface area contributed by atoms with Gasteiger partial charge in [0, 0.05) is 16.5 Å². The maximum atomic E-state index is 13.2. The van der Waals surface area contributed by atoms with Crippen LogP contribution < -0.4 is 5.43 Å². The zero-order chi connectivity index (χ0) is 16.2. The maximum absolute atomic E-state index is 13.2. The average molecular weight is 392 g/mol. The lowest BCUT2D eigenvalue weighted by molar-refractivity contribution is 0.463. The Morgan fingerprint density at radius 1 is 1.22 bits per heavy atom. The second kappa shape index (κ2) is 6.89. The SMILES string of the molecule is Oc1c(C=NNc2nc(-c3ccccc3)cs2)ccc(F)c1Br. The van der Waals surface area contributed by atoms with E-state index >= 15 is 0 Å². The Hall–Kier alpha value is -2.25. The van der Waals surface area contributed by atoms with Gasteiger partial charge in [-0.15, -0.1) is 11.3 Å². The van der Waals surface area contributed by atoms with Crippen LogP contribution in [-0.2, 0) is 0 Å². The first-order valence-corrected chi connectivity index (χ1v) is 8.29. The van der Waals surface area contributed by atoms with Crippen LogP contribution in [0.5, 0.6) is 5.75 Å². The van der Waals surface area contributed by atoms with Crippen LogP contribution in [0.15, 0.2) is 57.4 Å². The summed E-state index contributed by atoms with van der Waals surface area (Å²) in [4.78, 5) is 4.43. The second-order valence-electron chi connectivity index (χ2n) is 4.57. The van der Waals surface area contributed by atoms with Gasteiger partial charge in [-0.05, 0) is 28.1 Å². The summed E-state index contributed by atoms with van der Waals surface area (Å²) >= 11 is 4.40. The molecule has 0 atom stereocenters. The first-order valence-electron chi connectivity index (χ1n) is 6.62. The topological polar surface area (TPSA) is 57.5 Å². The van der Waals surface area contributed by atoms with E-state index in [1.165, 1.54) is 29.7 Å². The maximum Gasteiger partial charge on any atom is 0.203 e. The first kappa shape index (κ1) is 15.6. The van der Waals surface area contributed by atoms with Crippen LogP contribution in [0.4, 0.5) is 9.52 Å². The summed E-state index contributed by atoms with van der Waals surface area (Å²) in [6.45, 7) is 0. The Kier molecular flexibility index (Phi) is 4.68. The highest BCUT2D eigenvalue weighted by Gasteiger charge is 2.08. The summed E-state index contributed by atoms with van der Waals surface area (Å²) in [5.74, 6) is -0.723. The Bertz CT molecular complexity index is 852. The van der Waals surface area contributed by atoms with Crippen LogP contribution in [0, 0.1) is 5.82 Å². The molecule has 0 saturated heterocycles. The van der Waals surface area contributed by atoms with Gasteiger partial charge >= 0.3 is 0 Å². The molecule has 1 heterocycles. The third-order valence-electron chi connectivity index (χ3n) is 3.04. The fourth-order valence-corrected chi connectivity index (χ4v) is 2.91. The monoisotopic (exact) mass is 391 g/mol. The Balaban J connectivity index is 1.72. The van der Waals surface area contributed by atoms with Gasteiger partial charge in [0.1, 0.15) is 11.6 Å². The van der Waals surface area contributed by atoms with Gasteiger partial charge in [0.05, 0.1) is 16.4 Å². The van der Waals surface area contributed by atoms with Crippen LogP contribution in [0.3, 0.4) is 0 Å². The Morgan fingerprint density at radius 3 is 2.78 bits per heavy atom. The normalized spacial score (nSPS) is 11.0. The van der Waals surface area contributed by atoms with Crippen molar-refractivity contribution in [2.75, 3.05) is 5.43 Å². The second-order valence-corrected chi connectivity index (χ2v) is 6.22. The van der Waals surface area contributed by atoms with E-state index in [2.05, 4.69) is 31.4 Å². The number of halogens is 2. The summed E-state index contributed by atoms with van der Waals surface area (Å²) in [7, 11) is 0. The molecule has 2 N–H and O–H groups in total. The van der Waals surface area contributed by atoms with Gasteiger partial charge in [0.2, 0.25) is 5.13 Å². The lowest BCUT2D eigenvalue weighted by Crippen LogP contribution is -1.92. The first-order chi connectivity index (χ1) is 11.1. The fraction of sp³-hybridized carbons (Fsp3) is 0. The lowest BCUT2D eigenvalue weighted by Gasteiger charge is -2.02. The van der Waals surface area contributed by atoms with Gasteiger partial charge < -0.3 is 5.11 Å². The van der Waals surface area contributed by atoms with Gasteiger partial charge in [-0.3, -0.25) is 5.43 Å².